The maximum atomic E-state index is 11.9. The maximum absolute atomic E-state index is 11.9. The van der Waals surface area contributed by atoms with Crippen molar-refractivity contribution < 1.29 is 19.4 Å². The van der Waals surface area contributed by atoms with Gasteiger partial charge >= 0.3 is 5.97 Å². The predicted molar refractivity (Wildman–Crippen MR) is 110 cm³/mol. The summed E-state index contributed by atoms with van der Waals surface area (Å²) in [6.45, 7) is 2.29. The smallest absolute Gasteiger partial charge is 0.337 e. The third-order valence-electron chi connectivity index (χ3n) is 5.16. The second-order valence-electron chi connectivity index (χ2n) is 6.89. The molecule has 5 heteroatoms. The number of fused-ring (bicyclic) bond motifs is 1. The highest BCUT2D eigenvalue weighted by Crippen LogP contribution is 2.39. The predicted octanol–water partition coefficient (Wildman–Crippen LogP) is 4.43. The topological polar surface area (TPSA) is 71.5 Å². The molecule has 2 N–H and O–H groups in total. The molecule has 1 aromatic heterocycles. The van der Waals surface area contributed by atoms with Crippen LogP contribution in [0.1, 0.15) is 52.7 Å². The van der Waals surface area contributed by atoms with Crippen molar-refractivity contribution in [2.75, 3.05) is 20.8 Å². The molecule has 28 heavy (non-hydrogen) atoms. The van der Waals surface area contributed by atoms with Crippen LogP contribution in [-0.2, 0) is 11.2 Å². The minimum Gasteiger partial charge on any atom is -0.496 e. The Hall–Kier alpha value is -2.79. The molecule has 0 amide bonds. The van der Waals surface area contributed by atoms with E-state index in [0.717, 1.165) is 34.9 Å². The number of rotatable bonds is 8. The molecule has 1 heterocycles. The van der Waals surface area contributed by atoms with Gasteiger partial charge < -0.3 is 19.6 Å². The first-order valence-corrected chi connectivity index (χ1v) is 9.59. The molecule has 148 valence electrons. The Morgan fingerprint density at radius 3 is 2.64 bits per heavy atom. The summed E-state index contributed by atoms with van der Waals surface area (Å²) >= 11 is 0. The van der Waals surface area contributed by atoms with E-state index < -0.39 is 0 Å². The molecule has 3 aromatic rings. The molecule has 5 nitrogen and oxygen atoms in total. The van der Waals surface area contributed by atoms with E-state index in [-0.39, 0.29) is 18.5 Å². The second-order valence-corrected chi connectivity index (χ2v) is 6.89. The molecule has 0 saturated carbocycles. The van der Waals surface area contributed by atoms with E-state index in [9.17, 15) is 9.90 Å². The molecule has 1 atom stereocenters. The largest absolute Gasteiger partial charge is 0.496 e. The number of carbonyl (C=O) groups excluding carboxylic acids is 1. The molecule has 3 rings (SSSR count). The zero-order chi connectivity index (χ0) is 20.1. The minimum absolute atomic E-state index is 0.129. The van der Waals surface area contributed by atoms with Gasteiger partial charge in [0, 0.05) is 35.2 Å². The lowest BCUT2D eigenvalue weighted by atomic mass is 9.86. The number of aliphatic hydroxyl groups excluding tert-OH is 1. The standard InChI is InChI=1S/C23H27NO4/c1-4-5-17(18-8-7-16(23(26)28-3)13-22(18)27-2)20-14-24-21-9-6-15(10-11-25)12-19(20)21/h6-9,12-14,17,24-25H,4-5,10-11H2,1-3H3. The van der Waals surface area contributed by atoms with Gasteiger partial charge in [-0.3, -0.25) is 0 Å². The summed E-state index contributed by atoms with van der Waals surface area (Å²) in [5, 5.41) is 10.4. The van der Waals surface area contributed by atoms with Crippen molar-refractivity contribution in [3.05, 3.63) is 64.8 Å². The Morgan fingerprint density at radius 2 is 1.96 bits per heavy atom. The van der Waals surface area contributed by atoms with Gasteiger partial charge in [0.25, 0.3) is 0 Å². The Balaban J connectivity index is 2.10. The average molecular weight is 381 g/mol. The lowest BCUT2D eigenvalue weighted by Crippen LogP contribution is -2.06. The summed E-state index contributed by atoms with van der Waals surface area (Å²) in [7, 11) is 3.00. The Kier molecular flexibility index (Phi) is 6.37. The first kappa shape index (κ1) is 20.0. The van der Waals surface area contributed by atoms with Gasteiger partial charge in [-0.1, -0.05) is 25.5 Å². The fourth-order valence-electron chi connectivity index (χ4n) is 3.77. The summed E-state index contributed by atoms with van der Waals surface area (Å²) in [6.07, 6.45) is 4.65. The van der Waals surface area contributed by atoms with Gasteiger partial charge in [0.2, 0.25) is 0 Å². The summed E-state index contributed by atoms with van der Waals surface area (Å²) < 4.78 is 10.5. The summed E-state index contributed by atoms with van der Waals surface area (Å²) in [4.78, 5) is 15.3. The van der Waals surface area contributed by atoms with Crippen molar-refractivity contribution in [1.82, 2.24) is 4.98 Å². The van der Waals surface area contributed by atoms with Crippen LogP contribution in [0.2, 0.25) is 0 Å². The molecule has 0 aliphatic rings. The van der Waals surface area contributed by atoms with Crippen molar-refractivity contribution >= 4 is 16.9 Å². The van der Waals surface area contributed by atoms with Crippen molar-refractivity contribution in [2.24, 2.45) is 0 Å². The third-order valence-corrected chi connectivity index (χ3v) is 5.16. The SMILES string of the molecule is CCCC(c1ccc(C(=O)OC)cc1OC)c1c[nH]c2ccc(CCO)cc12. The maximum Gasteiger partial charge on any atom is 0.337 e. The summed E-state index contributed by atoms with van der Waals surface area (Å²) in [5.41, 5.74) is 4.90. The minimum atomic E-state index is -0.377. The first-order valence-electron chi connectivity index (χ1n) is 9.59. The lowest BCUT2D eigenvalue weighted by molar-refractivity contribution is 0.0600. The molecule has 0 aliphatic carbocycles. The van der Waals surface area contributed by atoms with Gasteiger partial charge in [-0.15, -0.1) is 0 Å². The number of nitrogens with one attached hydrogen (secondary N) is 1. The lowest BCUT2D eigenvalue weighted by Gasteiger charge is -2.20. The number of aliphatic hydroxyl groups is 1. The number of esters is 1. The van der Waals surface area contributed by atoms with Crippen LogP contribution in [-0.4, -0.2) is 36.9 Å². The van der Waals surface area contributed by atoms with Crippen molar-refractivity contribution in [3.8, 4) is 5.75 Å². The number of methoxy groups -OCH3 is 2. The number of H-pyrrole nitrogens is 1. The van der Waals surface area contributed by atoms with Crippen LogP contribution in [0.5, 0.6) is 5.75 Å². The first-order chi connectivity index (χ1) is 13.6. The number of hydrogen-bond acceptors (Lipinski definition) is 4. The third kappa shape index (κ3) is 3.90. The molecule has 2 aromatic carbocycles. The summed E-state index contributed by atoms with van der Waals surface area (Å²) in [5.74, 6) is 0.435. The van der Waals surface area contributed by atoms with Crippen molar-refractivity contribution in [1.29, 1.82) is 0 Å². The van der Waals surface area contributed by atoms with E-state index >= 15 is 0 Å². The second kappa shape index (κ2) is 8.93. The van der Waals surface area contributed by atoms with E-state index in [2.05, 4.69) is 30.2 Å². The zero-order valence-electron chi connectivity index (χ0n) is 16.6. The highest BCUT2D eigenvalue weighted by Gasteiger charge is 2.22. The van der Waals surface area contributed by atoms with E-state index in [1.807, 2.05) is 12.1 Å². The van der Waals surface area contributed by atoms with Crippen LogP contribution >= 0.6 is 0 Å². The van der Waals surface area contributed by atoms with Crippen LogP contribution in [0.15, 0.2) is 42.6 Å². The Morgan fingerprint density at radius 1 is 1.14 bits per heavy atom. The highest BCUT2D eigenvalue weighted by molar-refractivity contribution is 5.90. The zero-order valence-corrected chi connectivity index (χ0v) is 16.6. The molecule has 0 bridgehead atoms. The fourth-order valence-corrected chi connectivity index (χ4v) is 3.77. The highest BCUT2D eigenvalue weighted by atomic mass is 16.5. The normalized spacial score (nSPS) is 12.1. The quantitative estimate of drug-likeness (QED) is 0.566. The molecule has 0 aliphatic heterocycles. The van der Waals surface area contributed by atoms with Gasteiger partial charge in [0.1, 0.15) is 5.75 Å². The van der Waals surface area contributed by atoms with Crippen LogP contribution < -0.4 is 4.74 Å². The number of aromatic nitrogens is 1. The molecule has 0 radical (unpaired) electrons. The van der Waals surface area contributed by atoms with Crippen LogP contribution in [0.25, 0.3) is 10.9 Å². The van der Waals surface area contributed by atoms with Crippen molar-refractivity contribution in [3.63, 3.8) is 0 Å². The average Bonchev–Trinajstić information content (AvgIpc) is 3.14. The van der Waals surface area contributed by atoms with Crippen molar-refractivity contribution in [2.45, 2.75) is 32.1 Å². The molecular weight excluding hydrogens is 354 g/mol. The fraction of sp³-hybridized carbons (Fsp3) is 0.348. The monoisotopic (exact) mass is 381 g/mol. The van der Waals surface area contributed by atoms with Gasteiger partial charge in [-0.2, -0.15) is 0 Å². The van der Waals surface area contributed by atoms with Crippen LogP contribution in [0.3, 0.4) is 0 Å². The van der Waals surface area contributed by atoms with Gasteiger partial charge in [-0.25, -0.2) is 4.79 Å². The van der Waals surface area contributed by atoms with Crippen LogP contribution in [0.4, 0.5) is 0 Å². The Bertz CT molecular complexity index is 960. The van der Waals surface area contributed by atoms with Gasteiger partial charge in [0.05, 0.1) is 19.8 Å². The molecule has 0 fully saturated rings. The van der Waals surface area contributed by atoms with E-state index in [0.29, 0.717) is 17.7 Å². The van der Waals surface area contributed by atoms with E-state index in [1.54, 1.807) is 19.2 Å². The number of hydrogen-bond donors (Lipinski definition) is 2. The van der Waals surface area contributed by atoms with Gasteiger partial charge in [0.15, 0.2) is 0 Å². The molecule has 1 unspecified atom stereocenters. The Labute approximate surface area is 165 Å². The number of carbonyl (C=O) groups is 1. The molecular formula is C23H27NO4. The molecule has 0 saturated heterocycles. The molecule has 0 spiro atoms. The summed E-state index contributed by atoms with van der Waals surface area (Å²) in [6, 6.07) is 11.7. The number of benzene rings is 2. The van der Waals surface area contributed by atoms with Crippen LogP contribution in [0, 0.1) is 0 Å². The van der Waals surface area contributed by atoms with E-state index in [4.69, 9.17) is 9.47 Å². The van der Waals surface area contributed by atoms with E-state index in [1.165, 1.54) is 12.7 Å². The number of ether oxygens (including phenoxy) is 2. The number of aromatic amines is 1. The van der Waals surface area contributed by atoms with Gasteiger partial charge in [-0.05, 0) is 48.2 Å².